The number of carbonyl (C=O) groups is 3. The lowest BCUT2D eigenvalue weighted by Crippen LogP contribution is -2.47. The summed E-state index contributed by atoms with van der Waals surface area (Å²) >= 11 is 0. The van der Waals surface area contributed by atoms with Crippen molar-refractivity contribution >= 4 is 46.8 Å². The van der Waals surface area contributed by atoms with Gasteiger partial charge in [0.05, 0.1) is 13.1 Å². The standard InChI is InChI=1S/C33H37N5O3.C2H6O/c1-24(30-10-8-25(22-39)18-31(30)34-23-40)33(26-6-4-3-5-7-26)35-28-9-11-32-27(19-28)12-13-38(32)21-29(41)20-37-16-14-36(2)15-17-37;1-3-2/h3-11,18-19,22-23,35H,12-17,20-21H2,1-2H3,(H,34,40);1-2H3/b33-24+;. The summed E-state index contributed by atoms with van der Waals surface area (Å²) < 4.78 is 4.25. The highest BCUT2D eigenvalue weighted by atomic mass is 16.4. The summed E-state index contributed by atoms with van der Waals surface area (Å²) in [5.74, 6) is 0.259. The molecular weight excluding hydrogens is 554 g/mol. The molecule has 2 aliphatic rings. The Bertz CT molecular complexity index is 1470. The fourth-order valence-electron chi connectivity index (χ4n) is 5.64. The van der Waals surface area contributed by atoms with E-state index in [0.29, 0.717) is 30.8 Å². The van der Waals surface area contributed by atoms with Crippen LogP contribution in [-0.4, -0.2) is 95.4 Å². The molecule has 0 saturated carbocycles. The lowest BCUT2D eigenvalue weighted by atomic mass is 9.97. The first-order chi connectivity index (χ1) is 21.4. The van der Waals surface area contributed by atoms with E-state index in [1.807, 2.05) is 43.3 Å². The van der Waals surface area contributed by atoms with Gasteiger partial charge in [0.2, 0.25) is 6.41 Å². The molecule has 5 rings (SSSR count). The van der Waals surface area contributed by atoms with Gasteiger partial charge in [-0.05, 0) is 61.4 Å². The molecule has 1 saturated heterocycles. The zero-order chi connectivity index (χ0) is 31.5. The highest BCUT2D eigenvalue weighted by molar-refractivity contribution is 5.99. The van der Waals surface area contributed by atoms with Crippen molar-refractivity contribution in [3.05, 3.63) is 89.0 Å². The summed E-state index contributed by atoms with van der Waals surface area (Å²) in [6.45, 7) is 7.68. The summed E-state index contributed by atoms with van der Waals surface area (Å²) in [5, 5.41) is 6.38. The van der Waals surface area contributed by atoms with Crippen LogP contribution < -0.4 is 15.5 Å². The predicted molar refractivity (Wildman–Crippen MR) is 178 cm³/mol. The largest absolute Gasteiger partial charge is 0.388 e. The second-order valence-electron chi connectivity index (χ2n) is 11.2. The number of allylic oxidation sites excluding steroid dienone is 1. The Morgan fingerprint density at radius 3 is 2.32 bits per heavy atom. The number of rotatable bonds is 11. The Hall–Kier alpha value is -4.31. The van der Waals surface area contributed by atoms with Gasteiger partial charge in [0, 0.05) is 80.8 Å². The molecule has 0 radical (unpaired) electrons. The van der Waals surface area contributed by atoms with Gasteiger partial charge in [0.25, 0.3) is 0 Å². The Morgan fingerprint density at radius 2 is 1.64 bits per heavy atom. The summed E-state index contributed by atoms with van der Waals surface area (Å²) in [6.07, 6.45) is 2.28. The number of hydrogen-bond acceptors (Lipinski definition) is 8. The molecule has 1 fully saturated rings. The first-order valence-electron chi connectivity index (χ1n) is 14.9. The van der Waals surface area contributed by atoms with Crippen molar-refractivity contribution < 1.29 is 19.1 Å². The van der Waals surface area contributed by atoms with Crippen LogP contribution >= 0.6 is 0 Å². The van der Waals surface area contributed by atoms with Gasteiger partial charge in [0.15, 0.2) is 5.78 Å². The molecule has 3 aromatic rings. The summed E-state index contributed by atoms with van der Waals surface area (Å²) in [5.41, 5.74) is 7.98. The van der Waals surface area contributed by atoms with Crippen molar-refractivity contribution in [1.29, 1.82) is 0 Å². The van der Waals surface area contributed by atoms with Crippen LogP contribution in [0.2, 0.25) is 0 Å². The van der Waals surface area contributed by atoms with Gasteiger partial charge in [0.1, 0.15) is 6.29 Å². The fraction of sp³-hybridized carbons (Fsp3) is 0.343. The van der Waals surface area contributed by atoms with Crippen molar-refractivity contribution in [2.75, 3.05) is 82.6 Å². The number of amides is 1. The maximum absolute atomic E-state index is 12.9. The third kappa shape index (κ3) is 8.41. The number of fused-ring (bicyclic) bond motifs is 1. The van der Waals surface area contributed by atoms with Crippen molar-refractivity contribution in [3.8, 4) is 0 Å². The number of aldehydes is 1. The molecule has 232 valence electrons. The van der Waals surface area contributed by atoms with Crippen LogP contribution in [0.5, 0.6) is 0 Å². The fourth-order valence-corrected chi connectivity index (χ4v) is 5.64. The molecule has 0 aliphatic carbocycles. The second kappa shape index (κ2) is 16.0. The van der Waals surface area contributed by atoms with E-state index >= 15 is 0 Å². The monoisotopic (exact) mass is 597 g/mol. The topological polar surface area (TPSA) is 94.2 Å². The summed E-state index contributed by atoms with van der Waals surface area (Å²) in [6, 6.07) is 21.6. The molecule has 0 bridgehead atoms. The lowest BCUT2D eigenvalue weighted by Gasteiger charge is -2.32. The molecule has 2 aliphatic heterocycles. The van der Waals surface area contributed by atoms with Gasteiger partial charge in [-0.3, -0.25) is 19.3 Å². The maximum atomic E-state index is 12.9. The Balaban J connectivity index is 0.00000141. The SMILES string of the molecule is C/C(=C(\Nc1ccc2c(c1)CCN2CC(=O)CN1CCN(C)CC1)c1ccccc1)c1ccc(C=O)cc1NC=O.COC. The number of hydrogen-bond donors (Lipinski definition) is 2. The Morgan fingerprint density at radius 1 is 0.909 bits per heavy atom. The van der Waals surface area contributed by atoms with E-state index in [9.17, 15) is 14.4 Å². The van der Waals surface area contributed by atoms with Gasteiger partial charge in [-0.25, -0.2) is 0 Å². The molecule has 9 heteroatoms. The van der Waals surface area contributed by atoms with Crippen LogP contribution in [0, 0.1) is 0 Å². The molecule has 9 nitrogen and oxygen atoms in total. The van der Waals surface area contributed by atoms with Crippen molar-refractivity contribution in [1.82, 2.24) is 9.80 Å². The lowest BCUT2D eigenvalue weighted by molar-refractivity contribution is -0.119. The average molecular weight is 598 g/mol. The average Bonchev–Trinajstić information content (AvgIpc) is 3.43. The van der Waals surface area contributed by atoms with Gasteiger partial charge < -0.3 is 25.2 Å². The van der Waals surface area contributed by atoms with Crippen LogP contribution in [0.1, 0.15) is 34.0 Å². The van der Waals surface area contributed by atoms with E-state index < -0.39 is 0 Å². The Kier molecular flexibility index (Phi) is 11.8. The molecule has 0 aromatic heterocycles. The van der Waals surface area contributed by atoms with E-state index in [2.05, 4.69) is 55.3 Å². The minimum absolute atomic E-state index is 0.259. The van der Waals surface area contributed by atoms with Gasteiger partial charge in [-0.1, -0.05) is 42.5 Å². The number of nitrogens with zero attached hydrogens (tertiary/aromatic N) is 3. The van der Waals surface area contributed by atoms with E-state index in [1.54, 1.807) is 26.4 Å². The molecule has 3 aromatic carbocycles. The maximum Gasteiger partial charge on any atom is 0.211 e. The zero-order valence-electron chi connectivity index (χ0n) is 26.1. The van der Waals surface area contributed by atoms with E-state index in [4.69, 9.17) is 0 Å². The minimum Gasteiger partial charge on any atom is -0.388 e. The van der Waals surface area contributed by atoms with Gasteiger partial charge in [-0.2, -0.15) is 0 Å². The van der Waals surface area contributed by atoms with Gasteiger partial charge in [-0.15, -0.1) is 0 Å². The number of nitrogens with one attached hydrogen (secondary N) is 2. The van der Waals surface area contributed by atoms with E-state index in [0.717, 1.165) is 79.2 Å². The van der Waals surface area contributed by atoms with Gasteiger partial charge >= 0.3 is 0 Å². The highest BCUT2D eigenvalue weighted by Crippen LogP contribution is 2.35. The molecule has 0 spiro atoms. The summed E-state index contributed by atoms with van der Waals surface area (Å²) in [4.78, 5) is 42.3. The minimum atomic E-state index is 0.259. The molecule has 2 N–H and O–H groups in total. The van der Waals surface area contributed by atoms with Crippen LogP contribution in [0.25, 0.3) is 11.3 Å². The normalized spacial score (nSPS) is 15.4. The first-order valence-corrected chi connectivity index (χ1v) is 14.9. The molecular formula is C35H43N5O4. The third-order valence-corrected chi connectivity index (χ3v) is 7.94. The predicted octanol–water partition coefficient (Wildman–Crippen LogP) is 4.51. The molecule has 1 amide bonds. The van der Waals surface area contributed by atoms with Crippen LogP contribution in [0.3, 0.4) is 0 Å². The smallest absolute Gasteiger partial charge is 0.211 e. The second-order valence-corrected chi connectivity index (χ2v) is 11.2. The zero-order valence-corrected chi connectivity index (χ0v) is 26.1. The number of ether oxygens (including phenoxy) is 1. The number of piperazine rings is 1. The summed E-state index contributed by atoms with van der Waals surface area (Å²) in [7, 11) is 5.37. The molecule has 0 atom stereocenters. The molecule has 0 unspecified atom stereocenters. The van der Waals surface area contributed by atoms with Crippen molar-refractivity contribution in [3.63, 3.8) is 0 Å². The number of carbonyl (C=O) groups excluding carboxylic acids is 3. The van der Waals surface area contributed by atoms with Crippen molar-refractivity contribution in [2.45, 2.75) is 13.3 Å². The molecule has 2 heterocycles. The van der Waals surface area contributed by atoms with E-state index in [1.165, 1.54) is 5.56 Å². The first kappa shape index (κ1) is 32.6. The number of methoxy groups -OCH3 is 1. The third-order valence-electron chi connectivity index (χ3n) is 7.94. The van der Waals surface area contributed by atoms with E-state index in [-0.39, 0.29) is 5.78 Å². The number of ketones is 1. The van der Waals surface area contributed by atoms with Crippen LogP contribution in [0.4, 0.5) is 17.1 Å². The number of likely N-dealkylation sites (N-methyl/N-ethyl adjacent to an activating group) is 1. The van der Waals surface area contributed by atoms with Crippen LogP contribution in [0.15, 0.2) is 66.7 Å². The molecule has 44 heavy (non-hydrogen) atoms. The highest BCUT2D eigenvalue weighted by Gasteiger charge is 2.24. The van der Waals surface area contributed by atoms with Crippen LogP contribution in [-0.2, 0) is 20.7 Å². The number of benzene rings is 3. The van der Waals surface area contributed by atoms with Crippen molar-refractivity contribution in [2.24, 2.45) is 0 Å². The number of anilines is 3. The number of Topliss-reactive ketones (excluding diaryl/α,β-unsaturated/α-hetero) is 1. The quantitative estimate of drug-likeness (QED) is 0.246. The Labute approximate surface area is 260 Å².